The molecular formula is C15H19NO3. The Labute approximate surface area is 113 Å². The van der Waals surface area contributed by atoms with Gasteiger partial charge in [0.05, 0.1) is 31.3 Å². The highest BCUT2D eigenvalue weighted by Crippen LogP contribution is 2.31. The topological polar surface area (TPSA) is 59.3 Å². The molecule has 102 valence electrons. The highest BCUT2D eigenvalue weighted by atomic mass is 16.5. The Bertz CT molecular complexity index is 477. The second-order valence-corrected chi connectivity index (χ2v) is 4.16. The van der Waals surface area contributed by atoms with Gasteiger partial charge in [0.25, 0.3) is 0 Å². The summed E-state index contributed by atoms with van der Waals surface area (Å²) in [6.07, 6.45) is 1.52. The number of ether oxygens (including phenoxy) is 2. The van der Waals surface area contributed by atoms with E-state index in [2.05, 4.69) is 6.07 Å². The number of carbonyl (C=O) groups is 1. The van der Waals surface area contributed by atoms with Gasteiger partial charge in [0, 0.05) is 5.56 Å². The average Bonchev–Trinajstić information content (AvgIpc) is 2.44. The number of benzene rings is 1. The van der Waals surface area contributed by atoms with Crippen molar-refractivity contribution in [3.05, 3.63) is 29.3 Å². The lowest BCUT2D eigenvalue weighted by Gasteiger charge is -2.18. The summed E-state index contributed by atoms with van der Waals surface area (Å²) in [5.74, 6) is -0.0311. The van der Waals surface area contributed by atoms with Crippen molar-refractivity contribution >= 4 is 5.97 Å². The molecule has 0 fully saturated rings. The molecule has 0 aromatic heterocycles. The highest BCUT2D eigenvalue weighted by molar-refractivity contribution is 5.79. The second-order valence-electron chi connectivity index (χ2n) is 4.16. The van der Waals surface area contributed by atoms with E-state index in [1.165, 1.54) is 0 Å². The van der Waals surface area contributed by atoms with E-state index in [1.54, 1.807) is 32.2 Å². The van der Waals surface area contributed by atoms with Gasteiger partial charge in [0.2, 0.25) is 0 Å². The molecule has 4 nitrogen and oxygen atoms in total. The zero-order chi connectivity index (χ0) is 14.3. The predicted octanol–water partition coefficient (Wildman–Crippen LogP) is 3.01. The van der Waals surface area contributed by atoms with Crippen molar-refractivity contribution < 1.29 is 14.3 Å². The Morgan fingerprint density at radius 3 is 2.68 bits per heavy atom. The van der Waals surface area contributed by atoms with Crippen LogP contribution >= 0.6 is 0 Å². The third-order valence-electron chi connectivity index (χ3n) is 2.88. The van der Waals surface area contributed by atoms with E-state index in [0.29, 0.717) is 24.3 Å². The van der Waals surface area contributed by atoms with Crippen LogP contribution in [-0.2, 0) is 9.53 Å². The van der Waals surface area contributed by atoms with Gasteiger partial charge in [0.15, 0.2) is 0 Å². The molecular weight excluding hydrogens is 242 g/mol. The summed E-state index contributed by atoms with van der Waals surface area (Å²) >= 11 is 0. The fourth-order valence-electron chi connectivity index (χ4n) is 2.01. The number of esters is 1. The van der Waals surface area contributed by atoms with E-state index in [0.717, 1.165) is 12.0 Å². The van der Waals surface area contributed by atoms with Crippen molar-refractivity contribution in [3.63, 3.8) is 0 Å². The van der Waals surface area contributed by atoms with Gasteiger partial charge in [-0.3, -0.25) is 4.79 Å². The Morgan fingerprint density at radius 2 is 2.16 bits per heavy atom. The van der Waals surface area contributed by atoms with Gasteiger partial charge in [-0.2, -0.15) is 5.26 Å². The summed E-state index contributed by atoms with van der Waals surface area (Å²) in [6.45, 7) is 4.13. The SMILES string of the molecule is CCCC(C(=O)OCC)c1cc(C#N)ccc1OC. The summed E-state index contributed by atoms with van der Waals surface area (Å²) in [4.78, 5) is 12.0. The number of hydrogen-bond acceptors (Lipinski definition) is 4. The molecule has 0 heterocycles. The summed E-state index contributed by atoms with van der Waals surface area (Å²) in [5, 5.41) is 8.97. The van der Waals surface area contributed by atoms with Crippen LogP contribution in [0.5, 0.6) is 5.75 Å². The first kappa shape index (κ1) is 15.0. The molecule has 4 heteroatoms. The molecule has 0 N–H and O–H groups in total. The molecule has 19 heavy (non-hydrogen) atoms. The van der Waals surface area contributed by atoms with Gasteiger partial charge in [-0.1, -0.05) is 13.3 Å². The van der Waals surface area contributed by atoms with Crippen LogP contribution < -0.4 is 4.74 Å². The number of carbonyl (C=O) groups excluding carboxylic acids is 1. The zero-order valence-electron chi connectivity index (χ0n) is 11.6. The van der Waals surface area contributed by atoms with Gasteiger partial charge < -0.3 is 9.47 Å². The van der Waals surface area contributed by atoms with E-state index < -0.39 is 0 Å². The van der Waals surface area contributed by atoms with Crippen molar-refractivity contribution in [3.8, 4) is 11.8 Å². The molecule has 1 aromatic rings. The molecule has 0 aliphatic rings. The molecule has 1 unspecified atom stereocenters. The predicted molar refractivity (Wildman–Crippen MR) is 72.0 cm³/mol. The molecule has 0 saturated carbocycles. The highest BCUT2D eigenvalue weighted by Gasteiger charge is 2.24. The summed E-state index contributed by atoms with van der Waals surface area (Å²) in [6, 6.07) is 7.18. The van der Waals surface area contributed by atoms with E-state index in [9.17, 15) is 4.79 Å². The van der Waals surface area contributed by atoms with Crippen LogP contribution in [0, 0.1) is 11.3 Å². The van der Waals surface area contributed by atoms with E-state index in [1.807, 2.05) is 6.92 Å². The summed E-state index contributed by atoms with van der Waals surface area (Å²) < 4.78 is 10.4. The molecule has 0 aliphatic carbocycles. The number of methoxy groups -OCH3 is 1. The molecule has 1 rings (SSSR count). The van der Waals surface area contributed by atoms with Crippen LogP contribution in [0.25, 0.3) is 0 Å². The second kappa shape index (κ2) is 7.42. The molecule has 0 radical (unpaired) electrons. The van der Waals surface area contributed by atoms with Crippen LogP contribution in [-0.4, -0.2) is 19.7 Å². The van der Waals surface area contributed by atoms with Gasteiger partial charge >= 0.3 is 5.97 Å². The Balaban J connectivity index is 3.20. The smallest absolute Gasteiger partial charge is 0.313 e. The third-order valence-corrected chi connectivity index (χ3v) is 2.88. The standard InChI is InChI=1S/C15H19NO3/c1-4-6-12(15(17)19-5-2)13-9-11(10-16)7-8-14(13)18-3/h7-9,12H,4-6H2,1-3H3. The average molecular weight is 261 g/mol. The number of hydrogen-bond donors (Lipinski definition) is 0. The van der Waals surface area contributed by atoms with Crippen LogP contribution in [0.4, 0.5) is 0 Å². The van der Waals surface area contributed by atoms with E-state index in [4.69, 9.17) is 14.7 Å². The largest absolute Gasteiger partial charge is 0.496 e. The van der Waals surface area contributed by atoms with Crippen molar-refractivity contribution in [2.45, 2.75) is 32.6 Å². The maximum atomic E-state index is 12.0. The first-order valence-electron chi connectivity index (χ1n) is 6.42. The molecule has 0 spiro atoms. The lowest BCUT2D eigenvalue weighted by Crippen LogP contribution is -2.17. The quantitative estimate of drug-likeness (QED) is 0.738. The minimum Gasteiger partial charge on any atom is -0.496 e. The minimum absolute atomic E-state index is 0.266. The fourth-order valence-corrected chi connectivity index (χ4v) is 2.01. The molecule has 0 aliphatic heterocycles. The van der Waals surface area contributed by atoms with Crippen LogP contribution in [0.3, 0.4) is 0 Å². The van der Waals surface area contributed by atoms with Gasteiger partial charge in [0.1, 0.15) is 5.75 Å². The fraction of sp³-hybridized carbons (Fsp3) is 0.467. The monoisotopic (exact) mass is 261 g/mol. The minimum atomic E-state index is -0.381. The molecule has 1 atom stereocenters. The Hall–Kier alpha value is -2.02. The van der Waals surface area contributed by atoms with E-state index in [-0.39, 0.29) is 11.9 Å². The number of rotatable bonds is 6. The van der Waals surface area contributed by atoms with Gasteiger partial charge in [-0.15, -0.1) is 0 Å². The molecule has 1 aromatic carbocycles. The van der Waals surface area contributed by atoms with Crippen molar-refractivity contribution in [1.29, 1.82) is 5.26 Å². The lowest BCUT2D eigenvalue weighted by molar-refractivity contribution is -0.145. The first-order valence-corrected chi connectivity index (χ1v) is 6.42. The Kier molecular flexibility index (Phi) is 5.87. The van der Waals surface area contributed by atoms with Crippen LogP contribution in [0.15, 0.2) is 18.2 Å². The van der Waals surface area contributed by atoms with Crippen LogP contribution in [0.1, 0.15) is 43.7 Å². The van der Waals surface area contributed by atoms with Crippen molar-refractivity contribution in [2.24, 2.45) is 0 Å². The summed E-state index contributed by atoms with van der Waals surface area (Å²) in [7, 11) is 1.55. The van der Waals surface area contributed by atoms with Crippen molar-refractivity contribution in [2.75, 3.05) is 13.7 Å². The van der Waals surface area contributed by atoms with Crippen molar-refractivity contribution in [1.82, 2.24) is 0 Å². The number of nitrogens with zero attached hydrogens (tertiary/aromatic N) is 1. The lowest BCUT2D eigenvalue weighted by atomic mass is 9.92. The first-order chi connectivity index (χ1) is 9.17. The maximum absolute atomic E-state index is 12.0. The Morgan fingerprint density at radius 1 is 1.42 bits per heavy atom. The molecule has 0 saturated heterocycles. The van der Waals surface area contributed by atoms with Gasteiger partial charge in [-0.25, -0.2) is 0 Å². The zero-order valence-corrected chi connectivity index (χ0v) is 11.6. The molecule has 0 amide bonds. The maximum Gasteiger partial charge on any atom is 0.313 e. The third kappa shape index (κ3) is 3.72. The summed E-state index contributed by atoms with van der Waals surface area (Å²) in [5.41, 5.74) is 1.24. The number of nitriles is 1. The van der Waals surface area contributed by atoms with Gasteiger partial charge in [-0.05, 0) is 31.5 Å². The van der Waals surface area contributed by atoms with E-state index >= 15 is 0 Å². The molecule has 0 bridgehead atoms. The van der Waals surface area contributed by atoms with Crippen LogP contribution in [0.2, 0.25) is 0 Å². The normalized spacial score (nSPS) is 11.5.